The summed E-state index contributed by atoms with van der Waals surface area (Å²) in [6.45, 7) is 9.53. The highest BCUT2D eigenvalue weighted by atomic mass is 79.9. The lowest BCUT2D eigenvalue weighted by Gasteiger charge is -2.27. The number of carbonyl (C=O) groups is 1. The zero-order valence-electron chi connectivity index (χ0n) is 12.9. The second-order valence-electron chi connectivity index (χ2n) is 6.60. The van der Waals surface area contributed by atoms with E-state index in [4.69, 9.17) is 9.47 Å². The Morgan fingerprint density at radius 2 is 2.19 bits per heavy atom. The number of amides is 1. The van der Waals surface area contributed by atoms with E-state index in [1.807, 2.05) is 26.8 Å². The van der Waals surface area contributed by atoms with Crippen molar-refractivity contribution in [2.24, 2.45) is 0 Å². The van der Waals surface area contributed by atoms with Crippen molar-refractivity contribution >= 4 is 33.4 Å². The minimum Gasteiger partial charge on any atom is -0.444 e. The summed E-state index contributed by atoms with van der Waals surface area (Å²) in [5, 5.41) is 0. The van der Waals surface area contributed by atoms with Crippen LogP contribution in [0.4, 0.5) is 4.79 Å². The monoisotopic (exact) mass is 375 g/mol. The van der Waals surface area contributed by atoms with Crippen molar-refractivity contribution in [1.82, 2.24) is 4.90 Å². The van der Waals surface area contributed by atoms with Crippen LogP contribution >= 0.6 is 27.3 Å². The van der Waals surface area contributed by atoms with Gasteiger partial charge in [0.15, 0.2) is 0 Å². The van der Waals surface area contributed by atoms with Crippen LogP contribution in [0.2, 0.25) is 0 Å². The minimum atomic E-state index is -0.458. The quantitative estimate of drug-likeness (QED) is 0.784. The number of halogens is 1. The molecule has 1 atom stereocenters. The van der Waals surface area contributed by atoms with Crippen LogP contribution in [0.25, 0.3) is 0 Å². The first-order valence-electron chi connectivity index (χ1n) is 7.03. The third-order valence-corrected chi connectivity index (χ3v) is 4.88. The molecule has 6 heteroatoms. The van der Waals surface area contributed by atoms with Crippen LogP contribution in [0.15, 0.2) is 15.9 Å². The van der Waals surface area contributed by atoms with E-state index in [2.05, 4.69) is 28.9 Å². The summed E-state index contributed by atoms with van der Waals surface area (Å²) in [4.78, 5) is 15.0. The predicted molar refractivity (Wildman–Crippen MR) is 87.6 cm³/mol. The number of thiophene rings is 1. The maximum Gasteiger partial charge on any atom is 0.410 e. The van der Waals surface area contributed by atoms with Crippen LogP contribution in [-0.4, -0.2) is 35.3 Å². The van der Waals surface area contributed by atoms with Crippen LogP contribution in [0.5, 0.6) is 0 Å². The summed E-state index contributed by atoms with van der Waals surface area (Å²) in [6.07, 6.45) is 0.576. The largest absolute Gasteiger partial charge is 0.444 e. The van der Waals surface area contributed by atoms with E-state index in [9.17, 15) is 4.79 Å². The molecule has 1 saturated heterocycles. The minimum absolute atomic E-state index is 0.256. The zero-order valence-corrected chi connectivity index (χ0v) is 15.3. The van der Waals surface area contributed by atoms with Gasteiger partial charge in [-0.15, -0.1) is 11.3 Å². The maximum absolute atomic E-state index is 12.1. The second kappa shape index (κ2) is 6.26. The van der Waals surface area contributed by atoms with Crippen molar-refractivity contribution in [2.75, 3.05) is 13.1 Å². The van der Waals surface area contributed by atoms with Crippen molar-refractivity contribution < 1.29 is 14.3 Å². The van der Waals surface area contributed by atoms with Gasteiger partial charge in [0.2, 0.25) is 0 Å². The topological polar surface area (TPSA) is 38.8 Å². The summed E-state index contributed by atoms with van der Waals surface area (Å²) in [7, 11) is 0. The van der Waals surface area contributed by atoms with Crippen LogP contribution < -0.4 is 0 Å². The van der Waals surface area contributed by atoms with Gasteiger partial charge in [-0.2, -0.15) is 0 Å². The molecule has 0 saturated carbocycles. The van der Waals surface area contributed by atoms with E-state index >= 15 is 0 Å². The van der Waals surface area contributed by atoms with Crippen molar-refractivity contribution in [3.8, 4) is 0 Å². The molecule has 2 rings (SSSR count). The Labute approximate surface area is 138 Å². The Kier molecular flexibility index (Phi) is 5.00. The molecule has 0 N–H and O–H groups in total. The normalized spacial score (nSPS) is 22.6. The fraction of sp³-hybridized carbons (Fsp3) is 0.667. The summed E-state index contributed by atoms with van der Waals surface area (Å²) < 4.78 is 12.6. The van der Waals surface area contributed by atoms with Crippen LogP contribution in [0, 0.1) is 0 Å². The van der Waals surface area contributed by atoms with Crippen LogP contribution in [-0.2, 0) is 16.1 Å². The average molecular weight is 376 g/mol. The van der Waals surface area contributed by atoms with Gasteiger partial charge in [-0.05, 0) is 62.2 Å². The van der Waals surface area contributed by atoms with Gasteiger partial charge in [-0.1, -0.05) is 0 Å². The smallest absolute Gasteiger partial charge is 0.410 e. The van der Waals surface area contributed by atoms with Gasteiger partial charge in [0.25, 0.3) is 0 Å². The molecule has 0 radical (unpaired) electrons. The number of nitrogens with zero attached hydrogens (tertiary/aromatic N) is 1. The molecule has 1 aromatic heterocycles. The van der Waals surface area contributed by atoms with Gasteiger partial charge in [-0.25, -0.2) is 4.79 Å². The molecule has 118 valence electrons. The van der Waals surface area contributed by atoms with Gasteiger partial charge < -0.3 is 14.4 Å². The van der Waals surface area contributed by atoms with Gasteiger partial charge in [0.1, 0.15) is 5.60 Å². The van der Waals surface area contributed by atoms with Crippen molar-refractivity contribution in [1.29, 1.82) is 0 Å². The molecule has 0 aromatic carbocycles. The number of ether oxygens (including phenoxy) is 2. The van der Waals surface area contributed by atoms with E-state index in [0.717, 1.165) is 10.2 Å². The third kappa shape index (κ3) is 4.97. The Balaban J connectivity index is 1.86. The zero-order chi connectivity index (χ0) is 15.7. The average Bonchev–Trinajstić information content (AvgIpc) is 2.92. The molecule has 1 aliphatic rings. The Morgan fingerprint density at radius 3 is 2.76 bits per heavy atom. The Hall–Kier alpha value is -0.590. The Morgan fingerprint density at radius 1 is 1.48 bits per heavy atom. The number of rotatable bonds is 3. The first-order valence-corrected chi connectivity index (χ1v) is 8.64. The molecule has 0 bridgehead atoms. The third-order valence-electron chi connectivity index (χ3n) is 3.28. The van der Waals surface area contributed by atoms with E-state index in [0.29, 0.717) is 19.7 Å². The van der Waals surface area contributed by atoms with Crippen molar-refractivity contribution in [3.63, 3.8) is 0 Å². The van der Waals surface area contributed by atoms with Gasteiger partial charge >= 0.3 is 6.09 Å². The number of carbonyl (C=O) groups excluding carboxylic acids is 1. The van der Waals surface area contributed by atoms with Crippen LogP contribution in [0.3, 0.4) is 0 Å². The predicted octanol–water partition coefficient (Wildman–Crippen LogP) is 4.43. The number of likely N-dealkylation sites (tertiary alicyclic amines) is 1. The first kappa shape index (κ1) is 16.8. The van der Waals surface area contributed by atoms with E-state index in [1.165, 1.54) is 4.88 Å². The van der Waals surface area contributed by atoms with Crippen LogP contribution in [0.1, 0.15) is 39.0 Å². The SMILES string of the molecule is CC(C)(C)OC(=O)N1CCC(C)(OCc2ccc(Br)s2)C1. The molecule has 21 heavy (non-hydrogen) atoms. The summed E-state index contributed by atoms with van der Waals surface area (Å²) in [5.74, 6) is 0. The van der Waals surface area contributed by atoms with Gasteiger partial charge in [0.05, 0.1) is 22.5 Å². The molecule has 2 heterocycles. The van der Waals surface area contributed by atoms with Crippen molar-refractivity contribution in [2.45, 2.75) is 51.9 Å². The summed E-state index contributed by atoms with van der Waals surface area (Å²) in [5.41, 5.74) is -0.756. The van der Waals surface area contributed by atoms with Gasteiger partial charge in [-0.3, -0.25) is 0 Å². The highest BCUT2D eigenvalue weighted by molar-refractivity contribution is 9.11. The van der Waals surface area contributed by atoms with E-state index in [1.54, 1.807) is 16.2 Å². The maximum atomic E-state index is 12.1. The Bertz CT molecular complexity index is 511. The molecule has 1 fully saturated rings. The standard InChI is InChI=1S/C15H22BrNO3S/c1-14(2,3)20-13(18)17-8-7-15(4,10-17)19-9-11-5-6-12(16)21-11/h5-6H,7-10H2,1-4H3. The lowest BCUT2D eigenvalue weighted by Crippen LogP contribution is -2.39. The van der Waals surface area contributed by atoms with E-state index < -0.39 is 5.60 Å². The fourth-order valence-corrected chi connectivity index (χ4v) is 3.60. The number of hydrogen-bond donors (Lipinski definition) is 0. The first-order chi connectivity index (χ1) is 9.67. The summed E-state index contributed by atoms with van der Waals surface area (Å²) >= 11 is 5.12. The van der Waals surface area contributed by atoms with Gasteiger partial charge in [0, 0.05) is 11.4 Å². The molecule has 4 nitrogen and oxygen atoms in total. The molecule has 1 aliphatic heterocycles. The molecule has 1 amide bonds. The molecular formula is C15H22BrNO3S. The summed E-state index contributed by atoms with van der Waals surface area (Å²) in [6, 6.07) is 4.08. The molecule has 0 spiro atoms. The molecule has 0 aliphatic carbocycles. The fourth-order valence-electron chi connectivity index (χ4n) is 2.21. The number of hydrogen-bond acceptors (Lipinski definition) is 4. The lowest BCUT2D eigenvalue weighted by molar-refractivity contribution is -0.0363. The van der Waals surface area contributed by atoms with E-state index in [-0.39, 0.29) is 11.7 Å². The second-order valence-corrected chi connectivity index (χ2v) is 9.14. The molecular weight excluding hydrogens is 354 g/mol. The highest BCUT2D eigenvalue weighted by Crippen LogP contribution is 2.29. The molecule has 1 aromatic rings. The highest BCUT2D eigenvalue weighted by Gasteiger charge is 2.38. The van der Waals surface area contributed by atoms with Crippen molar-refractivity contribution in [3.05, 3.63) is 20.8 Å². The lowest BCUT2D eigenvalue weighted by atomic mass is 10.1. The molecule has 1 unspecified atom stereocenters.